The first-order chi connectivity index (χ1) is 19.7. The standard InChI is InChI=1S/C30H40F3N5O4/c1-6-9-26(39)37-15-13-22-21(19-37)10-7-12-24(22)35-18-27(40)38(17-16-36(5)28(41)42-29(2,3)4)20-25-23(30(31,32)33)11-8-14-34-25/h7-8,10-12,14,35H,6,9,13,15-20H2,1-5H3. The molecule has 1 aliphatic heterocycles. The maximum absolute atomic E-state index is 13.7. The Morgan fingerprint density at radius 3 is 2.50 bits per heavy atom. The minimum absolute atomic E-state index is 0.0362. The van der Waals surface area contributed by atoms with Crippen molar-refractivity contribution in [3.8, 4) is 0 Å². The zero-order chi connectivity index (χ0) is 31.1. The number of benzene rings is 1. The molecule has 0 fully saturated rings. The average molecular weight is 592 g/mol. The van der Waals surface area contributed by atoms with Gasteiger partial charge in [0.25, 0.3) is 0 Å². The van der Waals surface area contributed by atoms with Crippen molar-refractivity contribution in [3.63, 3.8) is 0 Å². The Labute approximate surface area is 245 Å². The van der Waals surface area contributed by atoms with Gasteiger partial charge >= 0.3 is 12.3 Å². The molecule has 0 spiro atoms. The fourth-order valence-corrected chi connectivity index (χ4v) is 4.64. The molecule has 12 heteroatoms. The number of ether oxygens (including phenoxy) is 1. The molecule has 0 aliphatic carbocycles. The van der Waals surface area contributed by atoms with E-state index in [4.69, 9.17) is 4.74 Å². The second-order valence-corrected chi connectivity index (χ2v) is 11.3. The number of alkyl halides is 3. The van der Waals surface area contributed by atoms with Gasteiger partial charge in [-0.05, 0) is 62.9 Å². The van der Waals surface area contributed by atoms with Crippen molar-refractivity contribution in [2.45, 2.75) is 71.8 Å². The molecule has 2 heterocycles. The highest BCUT2D eigenvalue weighted by atomic mass is 19.4. The average Bonchev–Trinajstić information content (AvgIpc) is 2.92. The minimum Gasteiger partial charge on any atom is -0.444 e. The summed E-state index contributed by atoms with van der Waals surface area (Å²) in [6.07, 6.45) is -2.10. The number of halogens is 3. The minimum atomic E-state index is -4.64. The lowest BCUT2D eigenvalue weighted by Crippen LogP contribution is -2.43. The number of nitrogens with zero attached hydrogens (tertiary/aromatic N) is 4. The molecule has 0 unspecified atom stereocenters. The number of fused-ring (bicyclic) bond motifs is 1. The van der Waals surface area contributed by atoms with Gasteiger partial charge in [0, 0.05) is 51.5 Å². The van der Waals surface area contributed by atoms with Crippen LogP contribution in [0.5, 0.6) is 0 Å². The zero-order valence-electron chi connectivity index (χ0n) is 24.9. The molecule has 42 heavy (non-hydrogen) atoms. The van der Waals surface area contributed by atoms with Gasteiger partial charge in [-0.2, -0.15) is 13.2 Å². The third kappa shape index (κ3) is 9.09. The molecule has 230 valence electrons. The smallest absolute Gasteiger partial charge is 0.418 e. The molecule has 1 aromatic heterocycles. The van der Waals surface area contributed by atoms with Gasteiger partial charge in [0.1, 0.15) is 5.60 Å². The molecule has 9 nitrogen and oxygen atoms in total. The highest BCUT2D eigenvalue weighted by Crippen LogP contribution is 2.32. The molecule has 3 amide bonds. The van der Waals surface area contributed by atoms with Gasteiger partial charge in [-0.3, -0.25) is 14.6 Å². The predicted molar refractivity (Wildman–Crippen MR) is 152 cm³/mol. The second kappa shape index (κ2) is 13.9. The normalized spacial score (nSPS) is 13.3. The lowest BCUT2D eigenvalue weighted by Gasteiger charge is -2.31. The number of rotatable bonds is 10. The van der Waals surface area contributed by atoms with Gasteiger partial charge in [0.15, 0.2) is 0 Å². The fourth-order valence-electron chi connectivity index (χ4n) is 4.64. The van der Waals surface area contributed by atoms with Crippen LogP contribution in [0.3, 0.4) is 0 Å². The number of carbonyl (C=O) groups excluding carboxylic acids is 3. The summed E-state index contributed by atoms with van der Waals surface area (Å²) >= 11 is 0. The molecule has 0 saturated carbocycles. The third-order valence-electron chi connectivity index (χ3n) is 6.81. The van der Waals surface area contributed by atoms with Crippen LogP contribution in [0.2, 0.25) is 0 Å². The molecule has 1 aliphatic rings. The van der Waals surface area contributed by atoms with Crippen LogP contribution in [0.25, 0.3) is 0 Å². The third-order valence-corrected chi connectivity index (χ3v) is 6.81. The number of amides is 3. The monoisotopic (exact) mass is 591 g/mol. The van der Waals surface area contributed by atoms with Crippen LogP contribution in [0, 0.1) is 0 Å². The molecular weight excluding hydrogens is 551 g/mol. The lowest BCUT2D eigenvalue weighted by molar-refractivity contribution is -0.140. The van der Waals surface area contributed by atoms with Crippen LogP contribution in [-0.2, 0) is 40.0 Å². The van der Waals surface area contributed by atoms with Crippen LogP contribution in [0.1, 0.15) is 62.9 Å². The number of aromatic nitrogens is 1. The van der Waals surface area contributed by atoms with E-state index in [9.17, 15) is 27.6 Å². The molecule has 1 N–H and O–H groups in total. The van der Waals surface area contributed by atoms with Gasteiger partial charge < -0.3 is 24.8 Å². The topological polar surface area (TPSA) is 95.1 Å². The van der Waals surface area contributed by atoms with E-state index >= 15 is 0 Å². The quantitative estimate of drug-likeness (QED) is 0.414. The molecule has 1 aromatic carbocycles. The molecule has 0 atom stereocenters. The number of anilines is 1. The highest BCUT2D eigenvalue weighted by Gasteiger charge is 2.35. The van der Waals surface area contributed by atoms with E-state index in [1.807, 2.05) is 30.0 Å². The maximum atomic E-state index is 13.7. The Morgan fingerprint density at radius 1 is 1.10 bits per heavy atom. The number of hydrogen-bond acceptors (Lipinski definition) is 6. The Kier molecular flexibility index (Phi) is 10.8. The first-order valence-corrected chi connectivity index (χ1v) is 14.0. The molecular formula is C30H40F3N5O4. The van der Waals surface area contributed by atoms with Crippen LogP contribution >= 0.6 is 0 Å². The van der Waals surface area contributed by atoms with Crippen molar-refractivity contribution in [2.24, 2.45) is 0 Å². The van der Waals surface area contributed by atoms with Crippen molar-refractivity contribution in [3.05, 3.63) is 58.9 Å². The van der Waals surface area contributed by atoms with E-state index in [0.717, 1.165) is 29.3 Å². The van der Waals surface area contributed by atoms with Crippen molar-refractivity contribution < 1.29 is 32.3 Å². The van der Waals surface area contributed by atoms with Gasteiger partial charge in [0.05, 0.1) is 24.3 Å². The SMILES string of the molecule is CCCC(=O)N1CCc2c(cccc2NCC(=O)N(CCN(C)C(=O)OC(C)(C)C)Cc2ncccc2C(F)(F)F)C1. The molecule has 3 rings (SSSR count). The maximum Gasteiger partial charge on any atom is 0.418 e. The Bertz CT molecular complexity index is 1260. The predicted octanol–water partition coefficient (Wildman–Crippen LogP) is 5.09. The second-order valence-electron chi connectivity index (χ2n) is 11.3. The summed E-state index contributed by atoms with van der Waals surface area (Å²) in [4.78, 5) is 46.5. The number of hydrogen-bond donors (Lipinski definition) is 1. The summed E-state index contributed by atoms with van der Waals surface area (Å²) in [7, 11) is 1.50. The molecule has 0 radical (unpaired) electrons. The summed E-state index contributed by atoms with van der Waals surface area (Å²) in [5.74, 6) is -0.351. The number of nitrogens with one attached hydrogen (secondary N) is 1. The van der Waals surface area contributed by atoms with E-state index in [0.29, 0.717) is 25.9 Å². The van der Waals surface area contributed by atoms with Gasteiger partial charge in [0.2, 0.25) is 11.8 Å². The molecule has 2 aromatic rings. The highest BCUT2D eigenvalue weighted by molar-refractivity contribution is 5.81. The van der Waals surface area contributed by atoms with Gasteiger partial charge in [-0.1, -0.05) is 19.1 Å². The van der Waals surface area contributed by atoms with Gasteiger partial charge in [-0.15, -0.1) is 0 Å². The van der Waals surface area contributed by atoms with Crippen molar-refractivity contribution in [1.82, 2.24) is 19.7 Å². The number of likely N-dealkylation sites (N-methyl/N-ethyl adjacent to an activating group) is 1. The van der Waals surface area contributed by atoms with Crippen molar-refractivity contribution in [1.29, 1.82) is 0 Å². The first-order valence-electron chi connectivity index (χ1n) is 14.0. The lowest BCUT2D eigenvalue weighted by atomic mass is 9.97. The first kappa shape index (κ1) is 32.7. The summed E-state index contributed by atoms with van der Waals surface area (Å²) in [5, 5.41) is 3.15. The molecule has 0 saturated heterocycles. The van der Waals surface area contributed by atoms with E-state index in [1.54, 1.807) is 20.8 Å². The summed E-state index contributed by atoms with van der Waals surface area (Å²) < 4.78 is 46.4. The van der Waals surface area contributed by atoms with Crippen molar-refractivity contribution in [2.75, 3.05) is 38.5 Å². The fraction of sp³-hybridized carbons (Fsp3) is 0.533. The molecule has 0 bridgehead atoms. The number of carbonyl (C=O) groups is 3. The summed E-state index contributed by atoms with van der Waals surface area (Å²) in [6, 6.07) is 7.77. The Balaban J connectivity index is 1.76. The van der Waals surface area contributed by atoms with E-state index in [1.165, 1.54) is 29.1 Å². The Hall–Kier alpha value is -3.83. The van der Waals surface area contributed by atoms with Crippen molar-refractivity contribution >= 4 is 23.6 Å². The van der Waals surface area contributed by atoms with Crippen LogP contribution < -0.4 is 5.32 Å². The van der Waals surface area contributed by atoms with Crippen LogP contribution in [-0.4, -0.2) is 76.4 Å². The summed E-state index contributed by atoms with van der Waals surface area (Å²) in [6.45, 7) is 7.63. The van der Waals surface area contributed by atoms with E-state index < -0.39 is 29.3 Å². The summed E-state index contributed by atoms with van der Waals surface area (Å²) in [5.41, 5.74) is 0.800. The van der Waals surface area contributed by atoms with E-state index in [2.05, 4.69) is 10.3 Å². The van der Waals surface area contributed by atoms with Crippen LogP contribution in [0.15, 0.2) is 36.5 Å². The Morgan fingerprint density at radius 2 is 1.83 bits per heavy atom. The van der Waals surface area contributed by atoms with Gasteiger partial charge in [-0.25, -0.2) is 4.79 Å². The number of pyridine rings is 1. The van der Waals surface area contributed by atoms with Crippen LogP contribution in [0.4, 0.5) is 23.7 Å². The van der Waals surface area contributed by atoms with E-state index in [-0.39, 0.29) is 37.8 Å². The largest absolute Gasteiger partial charge is 0.444 e. The zero-order valence-corrected chi connectivity index (χ0v) is 24.9.